The van der Waals surface area contributed by atoms with Gasteiger partial charge in [0.25, 0.3) is 0 Å². The molecule has 0 aliphatic carbocycles. The number of hydrogen-bond donors (Lipinski definition) is 2. The maximum absolute atomic E-state index is 12.6. The van der Waals surface area contributed by atoms with Gasteiger partial charge in [0.15, 0.2) is 5.11 Å². The summed E-state index contributed by atoms with van der Waals surface area (Å²) in [6.45, 7) is 7.88. The van der Waals surface area contributed by atoms with E-state index in [-0.39, 0.29) is 5.11 Å². The molecule has 0 aliphatic heterocycles. The van der Waals surface area contributed by atoms with Gasteiger partial charge in [0, 0.05) is 11.4 Å². The molecule has 3 nitrogen and oxygen atoms in total. The van der Waals surface area contributed by atoms with E-state index in [9.17, 15) is 13.2 Å². The van der Waals surface area contributed by atoms with E-state index in [1.807, 2.05) is 27.7 Å². The fraction of sp³-hybridized carbons (Fsp3) is 0.294. The number of halogens is 3. The second kappa shape index (κ2) is 6.76. The summed E-state index contributed by atoms with van der Waals surface area (Å²) in [5.41, 5.74) is 3.91. The highest BCUT2D eigenvalue weighted by Crippen LogP contribution is 2.30. The van der Waals surface area contributed by atoms with E-state index in [1.165, 1.54) is 12.1 Å². The van der Waals surface area contributed by atoms with Crippen LogP contribution in [-0.4, -0.2) is 10.1 Å². The zero-order valence-corrected chi connectivity index (χ0v) is 14.6. The second-order valence-corrected chi connectivity index (χ2v) is 5.98. The van der Waals surface area contributed by atoms with Gasteiger partial charge < -0.3 is 10.6 Å². The normalized spacial score (nSPS) is 11.3. The van der Waals surface area contributed by atoms with Crippen molar-refractivity contribution in [2.45, 2.75) is 33.9 Å². The molecule has 1 heterocycles. The van der Waals surface area contributed by atoms with Gasteiger partial charge in [-0.15, -0.1) is 0 Å². The van der Waals surface area contributed by atoms with Crippen molar-refractivity contribution in [3.8, 4) is 0 Å². The summed E-state index contributed by atoms with van der Waals surface area (Å²) in [4.78, 5) is 4.47. The number of anilines is 2. The topological polar surface area (TPSA) is 37.0 Å². The third kappa shape index (κ3) is 4.03. The lowest BCUT2D eigenvalue weighted by Gasteiger charge is -2.16. The van der Waals surface area contributed by atoms with E-state index in [0.717, 1.165) is 34.5 Å². The highest BCUT2D eigenvalue weighted by molar-refractivity contribution is 7.80. The molecule has 0 unspecified atom stereocenters. The Morgan fingerprint density at radius 3 is 2.04 bits per heavy atom. The lowest BCUT2D eigenvalue weighted by atomic mass is 10.0. The number of alkyl halides is 3. The number of hydrogen-bond acceptors (Lipinski definition) is 2. The molecule has 7 heteroatoms. The molecule has 0 atom stereocenters. The van der Waals surface area contributed by atoms with Crippen LogP contribution in [0.25, 0.3) is 0 Å². The van der Waals surface area contributed by atoms with Crippen LogP contribution in [0.15, 0.2) is 24.3 Å². The van der Waals surface area contributed by atoms with Crippen LogP contribution in [0.5, 0.6) is 0 Å². The van der Waals surface area contributed by atoms with Crippen LogP contribution in [0.3, 0.4) is 0 Å². The van der Waals surface area contributed by atoms with Crippen molar-refractivity contribution in [2.24, 2.45) is 0 Å². The SMILES string of the molecule is Cc1nc(NC(=S)Nc2ccc(C(F)(F)F)cc2)c(C)c(C)c1C. The predicted molar refractivity (Wildman–Crippen MR) is 94.5 cm³/mol. The summed E-state index contributed by atoms with van der Waals surface area (Å²) in [6, 6.07) is 4.69. The van der Waals surface area contributed by atoms with Crippen LogP contribution in [-0.2, 0) is 6.18 Å². The van der Waals surface area contributed by atoms with Crippen molar-refractivity contribution in [1.82, 2.24) is 4.98 Å². The molecule has 0 radical (unpaired) electrons. The standard InChI is InChI=1S/C17H18F3N3S/c1-9-10(2)12(4)21-15(11(9)3)23-16(24)22-14-7-5-13(6-8-14)17(18,19)20/h5-8H,1-4H3,(H2,21,22,23,24). The first-order chi connectivity index (χ1) is 11.1. The minimum absolute atomic E-state index is 0.271. The van der Waals surface area contributed by atoms with E-state index in [2.05, 4.69) is 15.6 Å². The lowest BCUT2D eigenvalue weighted by Crippen LogP contribution is -2.21. The molecule has 0 amide bonds. The Hall–Kier alpha value is -2.15. The molecule has 2 rings (SSSR count). The van der Waals surface area contributed by atoms with E-state index in [1.54, 1.807) is 0 Å². The van der Waals surface area contributed by atoms with Crippen LogP contribution in [0, 0.1) is 27.7 Å². The summed E-state index contributed by atoms with van der Waals surface area (Å²) >= 11 is 5.22. The zero-order chi connectivity index (χ0) is 18.1. The molecule has 0 fully saturated rings. The lowest BCUT2D eigenvalue weighted by molar-refractivity contribution is -0.137. The predicted octanol–water partition coefficient (Wildman–Crippen LogP) is 5.14. The molecule has 0 spiro atoms. The van der Waals surface area contributed by atoms with E-state index >= 15 is 0 Å². The molecule has 0 bridgehead atoms. The molecule has 1 aromatic carbocycles. The Bertz CT molecular complexity index is 768. The first-order valence-electron chi connectivity index (χ1n) is 7.29. The number of rotatable bonds is 2. The van der Waals surface area contributed by atoms with E-state index in [0.29, 0.717) is 11.5 Å². The molecular formula is C17H18F3N3S. The summed E-state index contributed by atoms with van der Waals surface area (Å²) in [5, 5.41) is 6.13. The Morgan fingerprint density at radius 1 is 0.917 bits per heavy atom. The van der Waals surface area contributed by atoms with Crippen LogP contribution < -0.4 is 10.6 Å². The molecule has 24 heavy (non-hydrogen) atoms. The molecule has 2 N–H and O–H groups in total. The van der Waals surface area contributed by atoms with Gasteiger partial charge >= 0.3 is 6.18 Å². The molecule has 0 saturated heterocycles. The maximum Gasteiger partial charge on any atom is 0.416 e. The van der Waals surface area contributed by atoms with Crippen LogP contribution in [0.1, 0.15) is 27.9 Å². The summed E-state index contributed by atoms with van der Waals surface area (Å²) in [7, 11) is 0. The molecule has 0 saturated carbocycles. The fourth-order valence-corrected chi connectivity index (χ4v) is 2.41. The van der Waals surface area contributed by atoms with E-state index in [4.69, 9.17) is 12.2 Å². The van der Waals surface area contributed by atoms with Crippen molar-refractivity contribution < 1.29 is 13.2 Å². The Labute approximate surface area is 144 Å². The number of pyridine rings is 1. The Morgan fingerprint density at radius 2 is 1.50 bits per heavy atom. The zero-order valence-electron chi connectivity index (χ0n) is 13.8. The Balaban J connectivity index is 2.12. The minimum Gasteiger partial charge on any atom is -0.332 e. The van der Waals surface area contributed by atoms with Gasteiger partial charge in [0.05, 0.1) is 5.56 Å². The largest absolute Gasteiger partial charge is 0.416 e. The number of aryl methyl sites for hydroxylation is 1. The van der Waals surface area contributed by atoms with Gasteiger partial charge in [0.1, 0.15) is 5.82 Å². The molecule has 0 aliphatic rings. The van der Waals surface area contributed by atoms with E-state index < -0.39 is 11.7 Å². The van der Waals surface area contributed by atoms with Crippen molar-refractivity contribution in [3.63, 3.8) is 0 Å². The van der Waals surface area contributed by atoms with Crippen LogP contribution in [0.4, 0.5) is 24.7 Å². The van der Waals surface area contributed by atoms with Crippen molar-refractivity contribution >= 4 is 28.8 Å². The molecular weight excluding hydrogens is 335 g/mol. The van der Waals surface area contributed by atoms with Gasteiger partial charge in [0.2, 0.25) is 0 Å². The summed E-state index contributed by atoms with van der Waals surface area (Å²) < 4.78 is 37.7. The van der Waals surface area contributed by atoms with Gasteiger partial charge in [-0.2, -0.15) is 13.2 Å². The third-order valence-corrected chi connectivity index (χ3v) is 4.21. The average molecular weight is 353 g/mol. The van der Waals surface area contributed by atoms with Crippen molar-refractivity contribution in [2.75, 3.05) is 10.6 Å². The summed E-state index contributed by atoms with van der Waals surface area (Å²) in [6.07, 6.45) is -4.35. The maximum atomic E-state index is 12.6. The van der Waals surface area contributed by atoms with Gasteiger partial charge in [-0.25, -0.2) is 4.98 Å². The van der Waals surface area contributed by atoms with Gasteiger partial charge in [-0.3, -0.25) is 0 Å². The fourth-order valence-electron chi connectivity index (χ4n) is 2.20. The minimum atomic E-state index is -4.35. The molecule has 128 valence electrons. The summed E-state index contributed by atoms with van der Waals surface area (Å²) in [5.74, 6) is 0.639. The average Bonchev–Trinajstić information content (AvgIpc) is 2.50. The highest BCUT2D eigenvalue weighted by Gasteiger charge is 2.29. The van der Waals surface area contributed by atoms with Crippen LogP contribution in [0.2, 0.25) is 0 Å². The smallest absolute Gasteiger partial charge is 0.332 e. The second-order valence-electron chi connectivity index (χ2n) is 5.58. The monoisotopic (exact) mass is 353 g/mol. The van der Waals surface area contributed by atoms with Gasteiger partial charge in [-0.1, -0.05) is 0 Å². The molecule has 2 aromatic rings. The molecule has 1 aromatic heterocycles. The number of aromatic nitrogens is 1. The van der Waals surface area contributed by atoms with Gasteiger partial charge in [-0.05, 0) is 80.9 Å². The Kier molecular flexibility index (Phi) is 5.13. The van der Waals surface area contributed by atoms with Crippen LogP contribution >= 0.6 is 12.2 Å². The third-order valence-electron chi connectivity index (χ3n) is 4.00. The number of benzene rings is 1. The van der Waals surface area contributed by atoms with Crippen molar-refractivity contribution in [1.29, 1.82) is 0 Å². The quantitative estimate of drug-likeness (QED) is 0.733. The first-order valence-corrected chi connectivity index (χ1v) is 7.70. The first kappa shape index (κ1) is 18.2. The highest BCUT2D eigenvalue weighted by atomic mass is 32.1. The number of nitrogens with one attached hydrogen (secondary N) is 2. The number of thiocarbonyl (C=S) groups is 1. The number of nitrogens with zero attached hydrogens (tertiary/aromatic N) is 1. The van der Waals surface area contributed by atoms with Crippen molar-refractivity contribution in [3.05, 3.63) is 52.2 Å².